The molecule has 110 valence electrons. The zero-order chi connectivity index (χ0) is 14.7. The van der Waals surface area contributed by atoms with Crippen LogP contribution in [-0.2, 0) is 13.1 Å². The van der Waals surface area contributed by atoms with Crippen LogP contribution in [0.2, 0.25) is 0 Å². The molecule has 1 aromatic heterocycles. The van der Waals surface area contributed by atoms with Gasteiger partial charge in [-0.15, -0.1) is 0 Å². The van der Waals surface area contributed by atoms with E-state index in [1.165, 1.54) is 24.0 Å². The lowest BCUT2D eigenvalue weighted by atomic mass is 10.1. The van der Waals surface area contributed by atoms with E-state index in [2.05, 4.69) is 51.4 Å². The Kier molecular flexibility index (Phi) is 4.15. The fraction of sp³-hybridized carbons (Fsp3) is 0.412. The number of nitrogens with zero attached hydrogens (tertiary/aromatic N) is 3. The van der Waals surface area contributed by atoms with Crippen LogP contribution in [0.25, 0.3) is 0 Å². The van der Waals surface area contributed by atoms with Crippen LogP contribution in [0.4, 0.5) is 5.82 Å². The van der Waals surface area contributed by atoms with Crippen LogP contribution in [0.1, 0.15) is 29.7 Å². The summed E-state index contributed by atoms with van der Waals surface area (Å²) in [6.45, 7) is 3.77. The number of rotatable bonds is 6. The maximum Gasteiger partial charge on any atom is 0.147 e. The molecule has 1 saturated carbocycles. The maximum atomic E-state index is 4.51. The lowest BCUT2D eigenvalue weighted by Gasteiger charge is -2.18. The summed E-state index contributed by atoms with van der Waals surface area (Å²) in [5.74, 6) is 0.908. The van der Waals surface area contributed by atoms with E-state index in [0.717, 1.165) is 24.6 Å². The van der Waals surface area contributed by atoms with Crippen LogP contribution >= 0.6 is 0 Å². The van der Waals surface area contributed by atoms with Crippen LogP contribution in [0, 0.1) is 6.92 Å². The largest absolute Gasteiger partial charge is 0.354 e. The summed E-state index contributed by atoms with van der Waals surface area (Å²) in [7, 11) is 2.05. The first kappa shape index (κ1) is 14.0. The number of aryl methyl sites for hydroxylation is 1. The molecule has 0 atom stereocenters. The van der Waals surface area contributed by atoms with Gasteiger partial charge in [0.2, 0.25) is 0 Å². The van der Waals surface area contributed by atoms with E-state index in [1.807, 2.05) is 19.4 Å². The molecule has 0 saturated heterocycles. The number of aromatic nitrogens is 2. The Morgan fingerprint density at radius 1 is 1.14 bits per heavy atom. The first-order valence-corrected chi connectivity index (χ1v) is 7.52. The van der Waals surface area contributed by atoms with Gasteiger partial charge in [0, 0.05) is 26.2 Å². The van der Waals surface area contributed by atoms with Crippen molar-refractivity contribution in [3.05, 3.63) is 53.5 Å². The highest BCUT2D eigenvalue weighted by atomic mass is 15.2. The second-order valence-corrected chi connectivity index (χ2v) is 5.86. The Bertz CT molecular complexity index is 573. The first-order valence-electron chi connectivity index (χ1n) is 7.52. The van der Waals surface area contributed by atoms with E-state index in [4.69, 9.17) is 0 Å². The topological polar surface area (TPSA) is 41.1 Å². The molecule has 0 aliphatic heterocycles. The van der Waals surface area contributed by atoms with Crippen LogP contribution < -0.4 is 10.2 Å². The van der Waals surface area contributed by atoms with Gasteiger partial charge in [0.15, 0.2) is 0 Å². The Hall–Kier alpha value is -1.94. The molecule has 1 fully saturated rings. The number of hydrogen-bond donors (Lipinski definition) is 1. The van der Waals surface area contributed by atoms with E-state index in [0.29, 0.717) is 6.04 Å². The van der Waals surface area contributed by atoms with E-state index >= 15 is 0 Å². The van der Waals surface area contributed by atoms with Gasteiger partial charge in [-0.25, -0.2) is 4.98 Å². The summed E-state index contributed by atoms with van der Waals surface area (Å²) in [5.41, 5.74) is 3.58. The van der Waals surface area contributed by atoms with Gasteiger partial charge in [-0.05, 0) is 25.3 Å². The molecule has 1 aromatic carbocycles. The van der Waals surface area contributed by atoms with Crippen LogP contribution in [0.15, 0.2) is 36.7 Å². The molecule has 4 nitrogen and oxygen atoms in total. The molecule has 1 aliphatic carbocycles. The summed E-state index contributed by atoms with van der Waals surface area (Å²) >= 11 is 0. The third kappa shape index (κ3) is 4.02. The molecule has 0 amide bonds. The van der Waals surface area contributed by atoms with Gasteiger partial charge < -0.3 is 10.2 Å². The van der Waals surface area contributed by atoms with Gasteiger partial charge in [-0.1, -0.05) is 29.8 Å². The van der Waals surface area contributed by atoms with Crippen molar-refractivity contribution in [1.29, 1.82) is 0 Å². The quantitative estimate of drug-likeness (QED) is 0.884. The minimum absolute atomic E-state index is 0.704. The van der Waals surface area contributed by atoms with E-state index in [9.17, 15) is 0 Å². The van der Waals surface area contributed by atoms with Crippen molar-refractivity contribution < 1.29 is 0 Å². The standard InChI is InChI=1S/C17H22N4/c1-13-3-5-14(6-4-13)12-21(2)17-11-19-16(10-20-17)9-18-15-7-8-15/h3-6,10-11,15,18H,7-9,12H2,1-2H3. The average molecular weight is 282 g/mol. The summed E-state index contributed by atoms with van der Waals surface area (Å²) in [4.78, 5) is 11.1. The lowest BCUT2D eigenvalue weighted by molar-refractivity contribution is 0.671. The van der Waals surface area contributed by atoms with Gasteiger partial charge >= 0.3 is 0 Å². The van der Waals surface area contributed by atoms with Crippen molar-refractivity contribution in [3.8, 4) is 0 Å². The third-order valence-corrected chi connectivity index (χ3v) is 3.77. The van der Waals surface area contributed by atoms with E-state index in [1.54, 1.807) is 0 Å². The van der Waals surface area contributed by atoms with Crippen molar-refractivity contribution in [2.24, 2.45) is 0 Å². The summed E-state index contributed by atoms with van der Waals surface area (Å²) in [6.07, 6.45) is 6.32. The molecule has 3 rings (SSSR count). The highest BCUT2D eigenvalue weighted by molar-refractivity contribution is 5.36. The monoisotopic (exact) mass is 282 g/mol. The molecule has 0 radical (unpaired) electrons. The van der Waals surface area contributed by atoms with Crippen LogP contribution in [-0.4, -0.2) is 23.1 Å². The molecule has 1 heterocycles. The molecule has 2 aromatic rings. The molecule has 0 spiro atoms. The molecule has 1 aliphatic rings. The Labute approximate surface area is 126 Å². The summed E-state index contributed by atoms with van der Waals surface area (Å²) in [5, 5.41) is 3.45. The van der Waals surface area contributed by atoms with Crippen molar-refractivity contribution in [2.75, 3.05) is 11.9 Å². The SMILES string of the molecule is Cc1ccc(CN(C)c2cnc(CNC3CC3)cn2)cc1. The van der Waals surface area contributed by atoms with Gasteiger partial charge in [-0.3, -0.25) is 4.98 Å². The fourth-order valence-electron chi connectivity index (χ4n) is 2.22. The van der Waals surface area contributed by atoms with Gasteiger partial charge in [0.1, 0.15) is 5.82 Å². The van der Waals surface area contributed by atoms with E-state index < -0.39 is 0 Å². The Morgan fingerprint density at radius 2 is 1.90 bits per heavy atom. The number of nitrogens with one attached hydrogen (secondary N) is 1. The average Bonchev–Trinajstić information content (AvgIpc) is 3.32. The summed E-state index contributed by atoms with van der Waals surface area (Å²) < 4.78 is 0. The number of benzene rings is 1. The smallest absolute Gasteiger partial charge is 0.147 e. The van der Waals surface area contributed by atoms with Crippen molar-refractivity contribution in [2.45, 2.75) is 38.9 Å². The lowest BCUT2D eigenvalue weighted by Crippen LogP contribution is -2.19. The Morgan fingerprint density at radius 3 is 2.52 bits per heavy atom. The molecule has 1 N–H and O–H groups in total. The zero-order valence-electron chi connectivity index (χ0n) is 12.7. The zero-order valence-corrected chi connectivity index (χ0v) is 12.7. The van der Waals surface area contributed by atoms with E-state index in [-0.39, 0.29) is 0 Å². The van der Waals surface area contributed by atoms with Crippen molar-refractivity contribution in [3.63, 3.8) is 0 Å². The fourth-order valence-corrected chi connectivity index (χ4v) is 2.22. The van der Waals surface area contributed by atoms with Crippen molar-refractivity contribution >= 4 is 5.82 Å². The number of hydrogen-bond acceptors (Lipinski definition) is 4. The molecule has 21 heavy (non-hydrogen) atoms. The number of anilines is 1. The third-order valence-electron chi connectivity index (χ3n) is 3.77. The van der Waals surface area contributed by atoms with Crippen LogP contribution in [0.3, 0.4) is 0 Å². The second-order valence-electron chi connectivity index (χ2n) is 5.86. The predicted octanol–water partition coefficient (Wildman–Crippen LogP) is 2.67. The molecule has 0 unspecified atom stereocenters. The van der Waals surface area contributed by atoms with Gasteiger partial charge in [0.05, 0.1) is 18.1 Å². The molecule has 0 bridgehead atoms. The minimum atomic E-state index is 0.704. The normalized spacial score (nSPS) is 14.2. The predicted molar refractivity (Wildman–Crippen MR) is 85.2 cm³/mol. The Balaban J connectivity index is 1.58. The maximum absolute atomic E-state index is 4.51. The van der Waals surface area contributed by atoms with Gasteiger partial charge in [0.25, 0.3) is 0 Å². The molecular weight excluding hydrogens is 260 g/mol. The molecular formula is C17H22N4. The van der Waals surface area contributed by atoms with Crippen LogP contribution in [0.5, 0.6) is 0 Å². The highest BCUT2D eigenvalue weighted by Crippen LogP contribution is 2.19. The van der Waals surface area contributed by atoms with Crippen molar-refractivity contribution in [1.82, 2.24) is 15.3 Å². The second kappa shape index (κ2) is 6.22. The first-order chi connectivity index (χ1) is 10.2. The molecule has 4 heteroatoms. The minimum Gasteiger partial charge on any atom is -0.354 e. The summed E-state index contributed by atoms with van der Waals surface area (Å²) in [6, 6.07) is 9.30. The van der Waals surface area contributed by atoms with Gasteiger partial charge in [-0.2, -0.15) is 0 Å². The highest BCUT2D eigenvalue weighted by Gasteiger charge is 2.20.